The highest BCUT2D eigenvalue weighted by Gasteiger charge is 2.19. The van der Waals surface area contributed by atoms with Gasteiger partial charge in [0.2, 0.25) is 5.91 Å². The standard InChI is InChI=1S/C24H18FN7OS/c25-19-11-5-4-10-18(19)23-28-29-24(32(23)17-8-2-1-3-9-17)34-16-22(33)27-20-12-6-7-13-21(20)31-15-14-26-30-31/h1-15H,16H2,(H,27,33). The molecule has 5 rings (SSSR count). The lowest BCUT2D eigenvalue weighted by Crippen LogP contribution is -2.16. The molecule has 1 N–H and O–H groups in total. The molecule has 2 aromatic heterocycles. The monoisotopic (exact) mass is 471 g/mol. The average Bonchev–Trinajstić information content (AvgIpc) is 3.54. The first-order valence-electron chi connectivity index (χ1n) is 10.3. The van der Waals surface area contributed by atoms with E-state index in [1.165, 1.54) is 17.8 Å². The molecule has 34 heavy (non-hydrogen) atoms. The fraction of sp³-hybridized carbons (Fsp3) is 0.0417. The van der Waals surface area contributed by atoms with Crippen molar-refractivity contribution < 1.29 is 9.18 Å². The number of halogens is 1. The van der Waals surface area contributed by atoms with Gasteiger partial charge in [-0.25, -0.2) is 9.07 Å². The number of rotatable bonds is 7. The van der Waals surface area contributed by atoms with Gasteiger partial charge in [0.25, 0.3) is 0 Å². The highest BCUT2D eigenvalue weighted by molar-refractivity contribution is 7.99. The Bertz CT molecular complexity index is 1420. The molecule has 0 saturated carbocycles. The maximum atomic E-state index is 14.5. The van der Waals surface area contributed by atoms with Crippen LogP contribution in [-0.2, 0) is 4.79 Å². The molecule has 2 heterocycles. The Labute approximate surface area is 198 Å². The maximum absolute atomic E-state index is 14.5. The van der Waals surface area contributed by atoms with E-state index in [2.05, 4.69) is 25.8 Å². The fourth-order valence-electron chi connectivity index (χ4n) is 3.42. The second-order valence-corrected chi connectivity index (χ2v) is 8.10. The highest BCUT2D eigenvalue weighted by atomic mass is 32.2. The van der Waals surface area contributed by atoms with Crippen LogP contribution in [0.15, 0.2) is 96.4 Å². The van der Waals surface area contributed by atoms with Crippen LogP contribution in [0.25, 0.3) is 22.8 Å². The van der Waals surface area contributed by atoms with Crippen molar-refractivity contribution in [2.75, 3.05) is 11.1 Å². The van der Waals surface area contributed by atoms with E-state index in [1.54, 1.807) is 45.9 Å². The summed E-state index contributed by atoms with van der Waals surface area (Å²) in [5, 5.41) is 19.7. The largest absolute Gasteiger partial charge is 0.323 e. The summed E-state index contributed by atoms with van der Waals surface area (Å²) in [5.74, 6) is -0.184. The maximum Gasteiger partial charge on any atom is 0.234 e. The minimum atomic E-state index is -0.397. The normalized spacial score (nSPS) is 10.9. The van der Waals surface area contributed by atoms with Gasteiger partial charge in [-0.1, -0.05) is 59.4 Å². The van der Waals surface area contributed by atoms with Gasteiger partial charge in [-0.3, -0.25) is 9.36 Å². The second kappa shape index (κ2) is 9.67. The molecule has 0 aliphatic heterocycles. The zero-order valence-corrected chi connectivity index (χ0v) is 18.6. The van der Waals surface area contributed by atoms with E-state index < -0.39 is 5.82 Å². The molecule has 1 amide bonds. The molecule has 0 fully saturated rings. The summed E-state index contributed by atoms with van der Waals surface area (Å²) < 4.78 is 17.9. The third-order valence-electron chi connectivity index (χ3n) is 4.94. The fourth-order valence-corrected chi connectivity index (χ4v) is 4.17. The lowest BCUT2D eigenvalue weighted by Gasteiger charge is -2.12. The van der Waals surface area contributed by atoms with Crippen molar-refractivity contribution >= 4 is 23.4 Å². The van der Waals surface area contributed by atoms with Gasteiger partial charge in [-0.05, 0) is 36.4 Å². The van der Waals surface area contributed by atoms with Crippen LogP contribution in [0.3, 0.4) is 0 Å². The first-order chi connectivity index (χ1) is 16.7. The molecule has 0 spiro atoms. The Morgan fingerprint density at radius 3 is 2.50 bits per heavy atom. The zero-order valence-electron chi connectivity index (χ0n) is 17.7. The van der Waals surface area contributed by atoms with Crippen molar-refractivity contribution in [3.8, 4) is 22.8 Å². The zero-order chi connectivity index (χ0) is 23.3. The number of carbonyl (C=O) groups is 1. The molecule has 0 atom stereocenters. The molecule has 0 bridgehead atoms. The summed E-state index contributed by atoms with van der Waals surface area (Å²) in [6, 6.07) is 23.1. The first kappa shape index (κ1) is 21.5. The molecule has 5 aromatic rings. The van der Waals surface area contributed by atoms with E-state index in [4.69, 9.17) is 0 Å². The SMILES string of the molecule is O=C(CSc1nnc(-c2ccccc2F)n1-c1ccccc1)Nc1ccccc1-n1ccnn1. The van der Waals surface area contributed by atoms with Crippen molar-refractivity contribution in [1.82, 2.24) is 29.8 Å². The van der Waals surface area contributed by atoms with E-state index in [0.717, 1.165) is 5.69 Å². The van der Waals surface area contributed by atoms with E-state index in [9.17, 15) is 9.18 Å². The summed E-state index contributed by atoms with van der Waals surface area (Å²) in [6.07, 6.45) is 3.27. The number of hydrogen-bond donors (Lipinski definition) is 1. The van der Waals surface area contributed by atoms with Crippen LogP contribution in [0.1, 0.15) is 0 Å². The lowest BCUT2D eigenvalue weighted by molar-refractivity contribution is -0.113. The summed E-state index contributed by atoms with van der Waals surface area (Å²) in [7, 11) is 0. The van der Waals surface area contributed by atoms with Crippen LogP contribution in [0.5, 0.6) is 0 Å². The Morgan fingerprint density at radius 1 is 0.941 bits per heavy atom. The summed E-state index contributed by atoms with van der Waals surface area (Å²) >= 11 is 1.21. The number of thioether (sulfide) groups is 1. The van der Waals surface area contributed by atoms with Crippen molar-refractivity contribution in [1.29, 1.82) is 0 Å². The Balaban J connectivity index is 1.40. The Hall–Kier alpha value is -4.31. The van der Waals surface area contributed by atoms with Crippen molar-refractivity contribution in [2.24, 2.45) is 0 Å². The van der Waals surface area contributed by atoms with Crippen LogP contribution < -0.4 is 5.32 Å². The molecule has 3 aromatic carbocycles. The van der Waals surface area contributed by atoms with Crippen molar-refractivity contribution in [3.05, 3.63) is 97.1 Å². The van der Waals surface area contributed by atoms with Gasteiger partial charge in [-0.15, -0.1) is 15.3 Å². The van der Waals surface area contributed by atoms with E-state index in [-0.39, 0.29) is 11.7 Å². The van der Waals surface area contributed by atoms with Crippen molar-refractivity contribution in [2.45, 2.75) is 5.16 Å². The van der Waals surface area contributed by atoms with Gasteiger partial charge < -0.3 is 5.32 Å². The van der Waals surface area contributed by atoms with Gasteiger partial charge in [0.15, 0.2) is 11.0 Å². The van der Waals surface area contributed by atoms with Crippen LogP contribution in [0.2, 0.25) is 0 Å². The van der Waals surface area contributed by atoms with E-state index in [0.29, 0.717) is 27.9 Å². The number of benzene rings is 3. The smallest absolute Gasteiger partial charge is 0.234 e. The summed E-state index contributed by atoms with van der Waals surface area (Å²) in [6.45, 7) is 0. The number of nitrogens with zero attached hydrogens (tertiary/aromatic N) is 6. The van der Waals surface area contributed by atoms with E-state index >= 15 is 0 Å². The quantitative estimate of drug-likeness (QED) is 0.354. The minimum Gasteiger partial charge on any atom is -0.323 e. The summed E-state index contributed by atoms with van der Waals surface area (Å²) in [4.78, 5) is 12.8. The van der Waals surface area contributed by atoms with E-state index in [1.807, 2.05) is 48.5 Å². The van der Waals surface area contributed by atoms with Gasteiger partial charge >= 0.3 is 0 Å². The first-order valence-corrected chi connectivity index (χ1v) is 11.3. The molecular formula is C24H18FN7OS. The average molecular weight is 472 g/mol. The second-order valence-electron chi connectivity index (χ2n) is 7.16. The number of hydrogen-bond acceptors (Lipinski definition) is 6. The predicted molar refractivity (Wildman–Crippen MR) is 127 cm³/mol. The highest BCUT2D eigenvalue weighted by Crippen LogP contribution is 2.29. The molecule has 168 valence electrons. The molecule has 0 unspecified atom stereocenters. The molecular weight excluding hydrogens is 453 g/mol. The number of nitrogens with one attached hydrogen (secondary N) is 1. The lowest BCUT2D eigenvalue weighted by atomic mass is 10.2. The van der Waals surface area contributed by atoms with Gasteiger partial charge in [0.1, 0.15) is 5.82 Å². The van der Waals surface area contributed by atoms with Crippen LogP contribution in [0, 0.1) is 5.82 Å². The number of carbonyl (C=O) groups excluding carboxylic acids is 1. The molecule has 0 saturated heterocycles. The minimum absolute atomic E-state index is 0.0773. The van der Waals surface area contributed by atoms with Crippen molar-refractivity contribution in [3.63, 3.8) is 0 Å². The van der Waals surface area contributed by atoms with Crippen LogP contribution in [0.4, 0.5) is 10.1 Å². The number of amides is 1. The molecule has 0 aliphatic carbocycles. The molecule has 0 aliphatic rings. The Morgan fingerprint density at radius 2 is 1.71 bits per heavy atom. The number of para-hydroxylation sites is 3. The Kier molecular flexibility index (Phi) is 6.13. The third-order valence-corrected chi connectivity index (χ3v) is 5.87. The number of aromatic nitrogens is 6. The van der Waals surface area contributed by atoms with Crippen LogP contribution in [-0.4, -0.2) is 41.4 Å². The van der Waals surface area contributed by atoms with Gasteiger partial charge in [-0.2, -0.15) is 0 Å². The van der Waals surface area contributed by atoms with Gasteiger partial charge in [0, 0.05) is 5.69 Å². The number of anilines is 1. The predicted octanol–water partition coefficient (Wildman–Crippen LogP) is 4.38. The molecule has 8 nitrogen and oxygen atoms in total. The molecule has 10 heteroatoms. The topological polar surface area (TPSA) is 90.5 Å². The summed E-state index contributed by atoms with van der Waals surface area (Å²) in [5.41, 5.74) is 2.41. The van der Waals surface area contributed by atoms with Gasteiger partial charge in [0.05, 0.1) is 35.1 Å². The molecule has 0 radical (unpaired) electrons. The third kappa shape index (κ3) is 4.44. The van der Waals surface area contributed by atoms with Crippen LogP contribution >= 0.6 is 11.8 Å².